The minimum Gasteiger partial charge on any atom is -0.492 e. The SMILES string of the molecule is CC(N)(c1nc(C2COc3ccccc32)no1)C1CC1. The normalized spacial score (nSPS) is 24.0. The number of para-hydroxylation sites is 1. The molecule has 2 atom stereocenters. The summed E-state index contributed by atoms with van der Waals surface area (Å²) in [7, 11) is 0. The molecule has 2 N–H and O–H groups in total. The second-order valence-corrected chi connectivity index (χ2v) is 5.92. The molecule has 0 spiro atoms. The second kappa shape index (κ2) is 4.06. The van der Waals surface area contributed by atoms with Crippen molar-refractivity contribution < 1.29 is 9.26 Å². The van der Waals surface area contributed by atoms with Crippen LogP contribution >= 0.6 is 0 Å². The molecule has 5 heteroatoms. The number of rotatable bonds is 3. The van der Waals surface area contributed by atoms with Gasteiger partial charge in [0.2, 0.25) is 5.89 Å². The van der Waals surface area contributed by atoms with Crippen LogP contribution in [0.5, 0.6) is 5.75 Å². The lowest BCUT2D eigenvalue weighted by Crippen LogP contribution is -2.35. The fourth-order valence-corrected chi connectivity index (χ4v) is 2.83. The van der Waals surface area contributed by atoms with Crippen LogP contribution in [-0.2, 0) is 5.54 Å². The van der Waals surface area contributed by atoms with Crippen molar-refractivity contribution in [3.8, 4) is 5.75 Å². The van der Waals surface area contributed by atoms with Gasteiger partial charge in [-0.05, 0) is 31.7 Å². The van der Waals surface area contributed by atoms with Crippen LogP contribution in [0, 0.1) is 5.92 Å². The van der Waals surface area contributed by atoms with Gasteiger partial charge in [0, 0.05) is 5.56 Å². The van der Waals surface area contributed by atoms with Gasteiger partial charge in [0.15, 0.2) is 5.82 Å². The summed E-state index contributed by atoms with van der Waals surface area (Å²) in [5.74, 6) is 2.62. The molecule has 1 saturated carbocycles. The van der Waals surface area contributed by atoms with Gasteiger partial charge in [0.05, 0.1) is 11.5 Å². The van der Waals surface area contributed by atoms with Crippen LogP contribution < -0.4 is 10.5 Å². The van der Waals surface area contributed by atoms with E-state index in [-0.39, 0.29) is 5.92 Å². The number of fused-ring (bicyclic) bond motifs is 1. The van der Waals surface area contributed by atoms with E-state index in [0.717, 1.165) is 24.2 Å². The van der Waals surface area contributed by atoms with Gasteiger partial charge >= 0.3 is 0 Å². The molecule has 0 saturated heterocycles. The summed E-state index contributed by atoms with van der Waals surface area (Å²) in [6.07, 6.45) is 2.28. The predicted octanol–water partition coefficient (Wildman–Crippen LogP) is 2.18. The van der Waals surface area contributed by atoms with E-state index in [1.807, 2.05) is 31.2 Å². The lowest BCUT2D eigenvalue weighted by atomic mass is 9.97. The van der Waals surface area contributed by atoms with Gasteiger partial charge in [0.1, 0.15) is 12.4 Å². The van der Waals surface area contributed by atoms with Crippen LogP contribution in [0.1, 0.15) is 43.0 Å². The maximum absolute atomic E-state index is 6.32. The Morgan fingerprint density at radius 1 is 1.30 bits per heavy atom. The Morgan fingerprint density at radius 2 is 2.10 bits per heavy atom. The highest BCUT2D eigenvalue weighted by Crippen LogP contribution is 2.44. The van der Waals surface area contributed by atoms with Gasteiger partial charge in [-0.25, -0.2) is 0 Å². The Bertz CT molecular complexity index is 646. The fraction of sp³-hybridized carbons (Fsp3) is 0.467. The van der Waals surface area contributed by atoms with E-state index >= 15 is 0 Å². The van der Waals surface area contributed by atoms with Crippen molar-refractivity contribution in [2.24, 2.45) is 11.7 Å². The van der Waals surface area contributed by atoms with Gasteiger partial charge < -0.3 is 15.0 Å². The molecule has 1 aliphatic heterocycles. The van der Waals surface area contributed by atoms with E-state index in [0.29, 0.717) is 24.2 Å². The molecule has 1 aromatic heterocycles. The number of hydrogen-bond donors (Lipinski definition) is 1. The van der Waals surface area contributed by atoms with Gasteiger partial charge in [-0.3, -0.25) is 0 Å². The van der Waals surface area contributed by atoms with Crippen LogP contribution in [0.2, 0.25) is 0 Å². The molecule has 20 heavy (non-hydrogen) atoms. The summed E-state index contributed by atoms with van der Waals surface area (Å²) in [6, 6.07) is 7.98. The first-order valence-electron chi connectivity index (χ1n) is 7.01. The van der Waals surface area contributed by atoms with E-state index in [2.05, 4.69) is 10.1 Å². The van der Waals surface area contributed by atoms with Crippen LogP contribution in [0.4, 0.5) is 0 Å². The van der Waals surface area contributed by atoms with Crippen LogP contribution in [-0.4, -0.2) is 16.7 Å². The van der Waals surface area contributed by atoms with Gasteiger partial charge in [-0.1, -0.05) is 23.4 Å². The topological polar surface area (TPSA) is 74.2 Å². The fourth-order valence-electron chi connectivity index (χ4n) is 2.83. The summed E-state index contributed by atoms with van der Waals surface area (Å²) in [5.41, 5.74) is 6.93. The van der Waals surface area contributed by atoms with Crippen LogP contribution in [0.25, 0.3) is 0 Å². The molecule has 1 fully saturated rings. The first-order chi connectivity index (χ1) is 9.66. The average Bonchev–Trinajstić information content (AvgIpc) is 3.05. The lowest BCUT2D eigenvalue weighted by molar-refractivity contribution is 0.271. The molecule has 1 aliphatic carbocycles. The van der Waals surface area contributed by atoms with Crippen molar-refractivity contribution in [2.45, 2.75) is 31.2 Å². The Labute approximate surface area is 117 Å². The molecule has 2 heterocycles. The lowest BCUT2D eigenvalue weighted by Gasteiger charge is -2.18. The summed E-state index contributed by atoms with van der Waals surface area (Å²) < 4.78 is 11.1. The molecule has 0 radical (unpaired) electrons. The molecule has 5 nitrogen and oxygen atoms in total. The standard InChI is InChI=1S/C15H17N3O2/c1-15(16,9-6-7-9)14-17-13(18-20-14)11-8-19-12-5-3-2-4-10(11)12/h2-5,9,11H,6-8,16H2,1H3. The molecule has 0 amide bonds. The Kier molecular flexibility index (Phi) is 2.41. The number of benzene rings is 1. The van der Waals surface area contributed by atoms with Crippen molar-refractivity contribution in [3.05, 3.63) is 41.5 Å². The minimum absolute atomic E-state index is 0.0405. The zero-order chi connectivity index (χ0) is 13.7. The van der Waals surface area contributed by atoms with E-state index in [4.69, 9.17) is 15.0 Å². The van der Waals surface area contributed by atoms with Crippen LogP contribution in [0.3, 0.4) is 0 Å². The summed E-state index contributed by atoms with van der Waals surface area (Å²) in [4.78, 5) is 4.54. The average molecular weight is 271 g/mol. The highest BCUT2D eigenvalue weighted by atomic mass is 16.5. The molecule has 1 aromatic carbocycles. The van der Waals surface area contributed by atoms with Gasteiger partial charge in [-0.2, -0.15) is 4.98 Å². The second-order valence-electron chi connectivity index (χ2n) is 5.92. The Balaban J connectivity index is 1.66. The highest BCUT2D eigenvalue weighted by Gasteiger charge is 2.44. The van der Waals surface area contributed by atoms with E-state index in [1.54, 1.807) is 0 Å². The first kappa shape index (κ1) is 11.9. The predicted molar refractivity (Wildman–Crippen MR) is 72.3 cm³/mol. The smallest absolute Gasteiger partial charge is 0.246 e. The molecular formula is C15H17N3O2. The molecule has 2 aromatic rings. The minimum atomic E-state index is -0.510. The van der Waals surface area contributed by atoms with Crippen molar-refractivity contribution in [1.29, 1.82) is 0 Å². The van der Waals surface area contributed by atoms with Crippen molar-refractivity contribution >= 4 is 0 Å². The third-order valence-electron chi connectivity index (χ3n) is 4.34. The highest BCUT2D eigenvalue weighted by molar-refractivity contribution is 5.42. The van der Waals surface area contributed by atoms with E-state index in [1.165, 1.54) is 0 Å². The first-order valence-corrected chi connectivity index (χ1v) is 7.01. The molecule has 104 valence electrons. The zero-order valence-corrected chi connectivity index (χ0v) is 11.4. The monoisotopic (exact) mass is 271 g/mol. The quantitative estimate of drug-likeness (QED) is 0.926. The Morgan fingerprint density at radius 3 is 2.90 bits per heavy atom. The molecule has 0 bridgehead atoms. The molecule has 2 unspecified atom stereocenters. The molecule has 2 aliphatic rings. The maximum atomic E-state index is 6.32. The number of aromatic nitrogens is 2. The number of nitrogens with two attached hydrogens (primary N) is 1. The third-order valence-corrected chi connectivity index (χ3v) is 4.34. The van der Waals surface area contributed by atoms with E-state index < -0.39 is 5.54 Å². The number of nitrogens with zero attached hydrogens (tertiary/aromatic N) is 2. The van der Waals surface area contributed by atoms with Crippen molar-refractivity contribution in [3.63, 3.8) is 0 Å². The molecule has 4 rings (SSSR count). The van der Waals surface area contributed by atoms with Gasteiger partial charge in [-0.15, -0.1) is 0 Å². The summed E-state index contributed by atoms with van der Waals surface area (Å²) in [5, 5.41) is 4.13. The maximum Gasteiger partial charge on any atom is 0.246 e. The zero-order valence-electron chi connectivity index (χ0n) is 11.4. The van der Waals surface area contributed by atoms with Crippen LogP contribution in [0.15, 0.2) is 28.8 Å². The number of hydrogen-bond acceptors (Lipinski definition) is 5. The van der Waals surface area contributed by atoms with Gasteiger partial charge in [0.25, 0.3) is 0 Å². The van der Waals surface area contributed by atoms with Crippen molar-refractivity contribution in [2.75, 3.05) is 6.61 Å². The van der Waals surface area contributed by atoms with E-state index in [9.17, 15) is 0 Å². The summed E-state index contributed by atoms with van der Waals surface area (Å²) in [6.45, 7) is 2.53. The number of ether oxygens (including phenoxy) is 1. The summed E-state index contributed by atoms with van der Waals surface area (Å²) >= 11 is 0. The van der Waals surface area contributed by atoms with Crippen molar-refractivity contribution in [1.82, 2.24) is 10.1 Å². The third kappa shape index (κ3) is 1.73. The molecular weight excluding hydrogens is 254 g/mol. The Hall–Kier alpha value is -1.88. The largest absolute Gasteiger partial charge is 0.492 e.